The van der Waals surface area contributed by atoms with Crippen LogP contribution in [0.15, 0.2) is 30.3 Å². The molecule has 0 saturated heterocycles. The van der Waals surface area contributed by atoms with Gasteiger partial charge in [-0.25, -0.2) is 4.79 Å². The quantitative estimate of drug-likeness (QED) is 0.280. The van der Waals surface area contributed by atoms with Gasteiger partial charge in [0, 0.05) is 12.8 Å². The summed E-state index contributed by atoms with van der Waals surface area (Å²) in [6, 6.07) is 7.93. The largest absolute Gasteiger partial charge is 0.507 e. The Bertz CT molecular complexity index is 881. The summed E-state index contributed by atoms with van der Waals surface area (Å²) in [6.07, 6.45) is 0.973. The van der Waals surface area contributed by atoms with Crippen molar-refractivity contribution < 1.29 is 24.5 Å². The summed E-state index contributed by atoms with van der Waals surface area (Å²) in [5.74, 6) is -0.332. The molecule has 6 nitrogen and oxygen atoms in total. The predicted octanol–water partition coefficient (Wildman–Crippen LogP) is 4.13. The smallest absolute Gasteiger partial charge is 0.328 e. The number of aryl methyl sites for hydroxylation is 1. The predicted molar refractivity (Wildman–Crippen MR) is 135 cm³/mol. The van der Waals surface area contributed by atoms with Crippen LogP contribution in [0.2, 0.25) is 0 Å². The number of phenols is 2. The highest BCUT2D eigenvalue weighted by Gasteiger charge is 2.23. The third-order valence-electron chi connectivity index (χ3n) is 4.08. The van der Waals surface area contributed by atoms with Gasteiger partial charge in [-0.05, 0) is 117 Å². The third-order valence-corrected chi connectivity index (χ3v) is 6.58. The number of rotatable bonds is 8. The molecule has 156 valence electrons. The molecule has 0 aliphatic heterocycles. The summed E-state index contributed by atoms with van der Waals surface area (Å²) in [6.45, 7) is 1.94. The topological polar surface area (TPSA) is 95.9 Å². The molecule has 1 unspecified atom stereocenters. The molecule has 3 N–H and O–H groups in total. The molecule has 0 saturated carbocycles. The van der Waals surface area contributed by atoms with E-state index in [4.69, 9.17) is 4.74 Å². The van der Waals surface area contributed by atoms with Gasteiger partial charge in [0.2, 0.25) is 5.91 Å². The van der Waals surface area contributed by atoms with Gasteiger partial charge in [-0.2, -0.15) is 0 Å². The maximum Gasteiger partial charge on any atom is 0.328 e. The first-order valence-electron chi connectivity index (χ1n) is 8.81. The van der Waals surface area contributed by atoms with E-state index in [2.05, 4.69) is 50.5 Å². The molecule has 2 aromatic rings. The monoisotopic (exact) mass is 735 g/mol. The fraction of sp³-hybridized carbons (Fsp3) is 0.300. The fourth-order valence-corrected chi connectivity index (χ4v) is 5.11. The van der Waals surface area contributed by atoms with Crippen molar-refractivity contribution in [2.45, 2.75) is 32.2 Å². The molecule has 29 heavy (non-hydrogen) atoms. The van der Waals surface area contributed by atoms with Gasteiger partial charge in [0.1, 0.15) is 17.5 Å². The molecular weight excluding hydrogens is 715 g/mol. The lowest BCUT2D eigenvalue weighted by Crippen LogP contribution is -2.43. The van der Waals surface area contributed by atoms with E-state index in [1.165, 1.54) is 0 Å². The number of carbonyl (C=O) groups is 2. The van der Waals surface area contributed by atoms with E-state index in [-0.39, 0.29) is 36.9 Å². The fourth-order valence-electron chi connectivity index (χ4n) is 2.64. The molecule has 0 fully saturated rings. The Labute approximate surface area is 210 Å². The molecule has 1 amide bonds. The zero-order valence-corrected chi connectivity index (χ0v) is 22.0. The molecular formula is C20H20I3NO5. The van der Waals surface area contributed by atoms with Crippen molar-refractivity contribution in [3.05, 3.63) is 52.2 Å². The van der Waals surface area contributed by atoms with Crippen LogP contribution < -0.4 is 5.32 Å². The van der Waals surface area contributed by atoms with Crippen molar-refractivity contribution in [3.63, 3.8) is 0 Å². The van der Waals surface area contributed by atoms with Crippen molar-refractivity contribution >= 4 is 79.6 Å². The number of hydrogen-bond acceptors (Lipinski definition) is 5. The van der Waals surface area contributed by atoms with Crippen molar-refractivity contribution in [3.8, 4) is 11.5 Å². The molecule has 0 aromatic heterocycles. The zero-order chi connectivity index (χ0) is 21.6. The van der Waals surface area contributed by atoms with Crippen LogP contribution in [0.25, 0.3) is 0 Å². The number of nitrogens with one attached hydrogen (secondary N) is 1. The van der Waals surface area contributed by atoms with Gasteiger partial charge in [-0.3, -0.25) is 4.79 Å². The molecule has 2 aromatic carbocycles. The number of hydrogen-bond donors (Lipinski definition) is 3. The van der Waals surface area contributed by atoms with E-state index in [0.717, 1.165) is 18.3 Å². The summed E-state index contributed by atoms with van der Waals surface area (Å²) in [5, 5.41) is 22.3. The molecule has 0 radical (unpaired) electrons. The molecule has 1 atom stereocenters. The van der Waals surface area contributed by atoms with E-state index in [1.54, 1.807) is 25.1 Å². The van der Waals surface area contributed by atoms with Gasteiger partial charge in [-0.15, -0.1) is 0 Å². The summed E-state index contributed by atoms with van der Waals surface area (Å²) in [4.78, 5) is 24.8. The number of halogens is 3. The van der Waals surface area contributed by atoms with Crippen molar-refractivity contribution in [2.75, 3.05) is 6.61 Å². The standard InChI is InChI=1S/C20H20I3NO5/c1-2-29-20(28)16(10-12-3-5-17(25)13(21)7-12)24-18(26)6-4-11-8-14(22)19(27)15(23)9-11/h3,5,7-9,16,25,27H,2,4,6,10H2,1H3,(H,24,26). The first-order chi connectivity index (χ1) is 13.7. The van der Waals surface area contributed by atoms with Crippen LogP contribution >= 0.6 is 67.8 Å². The number of esters is 1. The minimum absolute atomic E-state index is 0.171. The lowest BCUT2D eigenvalue weighted by molar-refractivity contribution is -0.147. The molecule has 9 heteroatoms. The lowest BCUT2D eigenvalue weighted by atomic mass is 10.0. The van der Waals surface area contributed by atoms with Crippen LogP contribution in [0.5, 0.6) is 11.5 Å². The van der Waals surface area contributed by atoms with Gasteiger partial charge in [0.05, 0.1) is 17.3 Å². The van der Waals surface area contributed by atoms with Gasteiger partial charge in [0.15, 0.2) is 0 Å². The van der Waals surface area contributed by atoms with Crippen molar-refractivity contribution in [1.29, 1.82) is 0 Å². The lowest BCUT2D eigenvalue weighted by Gasteiger charge is -2.18. The average Bonchev–Trinajstić information content (AvgIpc) is 2.66. The van der Waals surface area contributed by atoms with E-state index in [1.807, 2.05) is 34.7 Å². The molecule has 0 aliphatic carbocycles. The Kier molecular flexibility index (Phi) is 9.72. The number of benzene rings is 2. The van der Waals surface area contributed by atoms with Gasteiger partial charge < -0.3 is 20.3 Å². The highest BCUT2D eigenvalue weighted by molar-refractivity contribution is 14.1. The Hall–Kier alpha value is -0.830. The van der Waals surface area contributed by atoms with E-state index < -0.39 is 12.0 Å². The molecule has 2 rings (SSSR count). The van der Waals surface area contributed by atoms with Crippen LogP contribution in [-0.2, 0) is 27.2 Å². The van der Waals surface area contributed by atoms with Gasteiger partial charge in [-0.1, -0.05) is 6.07 Å². The molecule has 0 aliphatic rings. The Morgan fingerprint density at radius 3 is 2.24 bits per heavy atom. The maximum atomic E-state index is 12.5. The van der Waals surface area contributed by atoms with Crippen LogP contribution in [-0.4, -0.2) is 34.7 Å². The Balaban J connectivity index is 2.04. The van der Waals surface area contributed by atoms with Crippen molar-refractivity contribution in [2.24, 2.45) is 0 Å². The van der Waals surface area contributed by atoms with Gasteiger partial charge >= 0.3 is 5.97 Å². The summed E-state index contributed by atoms with van der Waals surface area (Å²) in [7, 11) is 0. The van der Waals surface area contributed by atoms with E-state index in [0.29, 0.717) is 9.99 Å². The number of ether oxygens (including phenoxy) is 1. The van der Waals surface area contributed by atoms with Crippen LogP contribution in [0.3, 0.4) is 0 Å². The number of aromatic hydroxyl groups is 2. The Morgan fingerprint density at radius 2 is 1.66 bits per heavy atom. The van der Waals surface area contributed by atoms with Gasteiger partial charge in [0.25, 0.3) is 0 Å². The highest BCUT2D eigenvalue weighted by Crippen LogP contribution is 2.28. The van der Waals surface area contributed by atoms with Crippen molar-refractivity contribution in [1.82, 2.24) is 5.32 Å². The number of amides is 1. The maximum absolute atomic E-state index is 12.5. The number of carbonyl (C=O) groups excluding carboxylic acids is 2. The van der Waals surface area contributed by atoms with E-state index >= 15 is 0 Å². The second kappa shape index (κ2) is 11.5. The summed E-state index contributed by atoms with van der Waals surface area (Å²) < 4.78 is 7.24. The minimum atomic E-state index is -0.803. The van der Waals surface area contributed by atoms with E-state index in [9.17, 15) is 19.8 Å². The second-order valence-corrected chi connectivity index (χ2v) is 9.76. The SMILES string of the molecule is CCOC(=O)C(Cc1ccc(O)c(I)c1)NC(=O)CCc1cc(I)c(O)c(I)c1. The summed E-state index contributed by atoms with van der Waals surface area (Å²) in [5.41, 5.74) is 1.75. The first kappa shape index (κ1) is 24.4. The van der Waals surface area contributed by atoms with Crippen LogP contribution in [0.4, 0.5) is 0 Å². The Morgan fingerprint density at radius 1 is 1.03 bits per heavy atom. The number of phenolic OH excluding ortho intramolecular Hbond substituents is 2. The highest BCUT2D eigenvalue weighted by atomic mass is 127. The normalized spacial score (nSPS) is 11.7. The molecule has 0 bridgehead atoms. The van der Waals surface area contributed by atoms with Crippen LogP contribution in [0.1, 0.15) is 24.5 Å². The first-order valence-corrected chi connectivity index (χ1v) is 12.0. The molecule has 0 heterocycles. The minimum Gasteiger partial charge on any atom is -0.507 e. The molecule has 0 spiro atoms. The summed E-state index contributed by atoms with van der Waals surface area (Å²) >= 11 is 6.12. The second-order valence-electron chi connectivity index (χ2n) is 6.27. The average molecular weight is 735 g/mol. The van der Waals surface area contributed by atoms with Crippen LogP contribution in [0, 0.1) is 10.7 Å². The third kappa shape index (κ3) is 7.42. The zero-order valence-electron chi connectivity index (χ0n) is 15.5.